The molecule has 1 aliphatic rings. The molecule has 15 heavy (non-hydrogen) atoms. The van der Waals surface area contributed by atoms with E-state index in [1.807, 2.05) is 0 Å². The fourth-order valence-corrected chi connectivity index (χ4v) is 2.01. The minimum absolute atomic E-state index is 0.234. The van der Waals surface area contributed by atoms with Gasteiger partial charge in [-0.15, -0.1) is 0 Å². The molecule has 4 nitrogen and oxygen atoms in total. The highest BCUT2D eigenvalue weighted by molar-refractivity contribution is 4.86. The van der Waals surface area contributed by atoms with Crippen molar-refractivity contribution in [2.24, 2.45) is 5.92 Å². The normalized spacial score (nSPS) is 34.0. The van der Waals surface area contributed by atoms with Crippen molar-refractivity contribution < 1.29 is 15.3 Å². The van der Waals surface area contributed by atoms with Gasteiger partial charge in [0.2, 0.25) is 0 Å². The molecule has 90 valence electrons. The van der Waals surface area contributed by atoms with Crippen LogP contribution in [0.2, 0.25) is 0 Å². The summed E-state index contributed by atoms with van der Waals surface area (Å²) in [6, 6.07) is 0. The third kappa shape index (κ3) is 4.47. The van der Waals surface area contributed by atoms with Gasteiger partial charge in [-0.25, -0.2) is 0 Å². The predicted octanol–water partition coefficient (Wildman–Crippen LogP) is -0.130. The molecule has 0 amide bonds. The van der Waals surface area contributed by atoms with E-state index in [0.717, 1.165) is 25.7 Å². The molecule has 0 aromatic carbocycles. The molecule has 1 aliphatic carbocycles. The maximum absolute atomic E-state index is 10.2. The van der Waals surface area contributed by atoms with Crippen molar-refractivity contribution in [3.63, 3.8) is 0 Å². The van der Waals surface area contributed by atoms with Gasteiger partial charge in [-0.05, 0) is 31.6 Å². The molecular weight excluding hydrogens is 194 g/mol. The van der Waals surface area contributed by atoms with Gasteiger partial charge in [-0.1, -0.05) is 6.92 Å². The molecule has 0 aliphatic heterocycles. The zero-order valence-electron chi connectivity index (χ0n) is 9.45. The van der Waals surface area contributed by atoms with Crippen LogP contribution in [0.3, 0.4) is 0 Å². The van der Waals surface area contributed by atoms with E-state index in [-0.39, 0.29) is 6.61 Å². The summed E-state index contributed by atoms with van der Waals surface area (Å²) < 4.78 is 0. The minimum Gasteiger partial charge on any atom is -0.394 e. The highest BCUT2D eigenvalue weighted by atomic mass is 16.3. The third-order valence-corrected chi connectivity index (χ3v) is 3.25. The average molecular weight is 217 g/mol. The predicted molar refractivity (Wildman–Crippen MR) is 58.5 cm³/mol. The van der Waals surface area contributed by atoms with Crippen molar-refractivity contribution in [3.8, 4) is 0 Å². The molecule has 0 aromatic rings. The summed E-state index contributed by atoms with van der Waals surface area (Å²) in [6.07, 6.45) is 3.07. The van der Waals surface area contributed by atoms with Crippen molar-refractivity contribution >= 4 is 0 Å². The topological polar surface area (TPSA) is 72.7 Å². The highest BCUT2D eigenvalue weighted by Gasteiger charge is 2.31. The van der Waals surface area contributed by atoms with Gasteiger partial charge in [0.1, 0.15) is 0 Å². The van der Waals surface area contributed by atoms with Crippen LogP contribution in [0.5, 0.6) is 0 Å². The molecule has 4 heteroatoms. The molecule has 0 spiro atoms. The van der Waals surface area contributed by atoms with E-state index in [2.05, 4.69) is 12.2 Å². The van der Waals surface area contributed by atoms with Crippen molar-refractivity contribution in [1.29, 1.82) is 0 Å². The first kappa shape index (κ1) is 12.9. The van der Waals surface area contributed by atoms with Crippen LogP contribution in [0, 0.1) is 5.92 Å². The molecule has 1 rings (SSSR count). The summed E-state index contributed by atoms with van der Waals surface area (Å²) in [6.45, 7) is 2.83. The van der Waals surface area contributed by atoms with Crippen LogP contribution in [-0.4, -0.2) is 46.7 Å². The summed E-state index contributed by atoms with van der Waals surface area (Å²) in [4.78, 5) is 0. The van der Waals surface area contributed by atoms with E-state index in [0.29, 0.717) is 19.0 Å². The molecule has 1 atom stereocenters. The van der Waals surface area contributed by atoms with Crippen LogP contribution in [0.15, 0.2) is 0 Å². The standard InChI is InChI=1S/C11H23NO3/c1-9-2-4-11(15,5-3-9)8-12-6-10(14)7-13/h9-10,12-15H,2-8H2,1H3. The monoisotopic (exact) mass is 217 g/mol. The molecule has 0 radical (unpaired) electrons. The number of hydrogen-bond donors (Lipinski definition) is 4. The second-order valence-corrected chi connectivity index (χ2v) is 4.87. The SMILES string of the molecule is CC1CCC(O)(CNCC(O)CO)CC1. The Balaban J connectivity index is 2.19. The van der Waals surface area contributed by atoms with Crippen LogP contribution in [0.1, 0.15) is 32.6 Å². The number of aliphatic hydroxyl groups is 3. The first-order valence-corrected chi connectivity index (χ1v) is 5.78. The lowest BCUT2D eigenvalue weighted by molar-refractivity contribution is -0.00933. The van der Waals surface area contributed by atoms with Gasteiger partial charge in [0, 0.05) is 13.1 Å². The number of hydrogen-bond acceptors (Lipinski definition) is 4. The average Bonchev–Trinajstić information content (AvgIpc) is 2.23. The lowest BCUT2D eigenvalue weighted by atomic mass is 9.79. The summed E-state index contributed by atoms with van der Waals surface area (Å²) in [5.74, 6) is 0.716. The summed E-state index contributed by atoms with van der Waals surface area (Å²) in [5, 5.41) is 30.9. The second-order valence-electron chi connectivity index (χ2n) is 4.87. The second kappa shape index (κ2) is 5.80. The molecule has 0 saturated heterocycles. The molecule has 0 aromatic heterocycles. The van der Waals surface area contributed by atoms with Crippen molar-refractivity contribution in [2.45, 2.75) is 44.3 Å². The molecule has 1 fully saturated rings. The number of rotatable bonds is 5. The quantitative estimate of drug-likeness (QED) is 0.518. The number of nitrogens with one attached hydrogen (secondary N) is 1. The van der Waals surface area contributed by atoms with Crippen LogP contribution in [0.4, 0.5) is 0 Å². The number of aliphatic hydroxyl groups excluding tert-OH is 2. The fraction of sp³-hybridized carbons (Fsp3) is 1.00. The first-order chi connectivity index (χ1) is 7.06. The van der Waals surface area contributed by atoms with Crippen molar-refractivity contribution in [3.05, 3.63) is 0 Å². The van der Waals surface area contributed by atoms with E-state index in [9.17, 15) is 5.11 Å². The van der Waals surface area contributed by atoms with Gasteiger partial charge in [0.25, 0.3) is 0 Å². The summed E-state index contributed by atoms with van der Waals surface area (Å²) >= 11 is 0. The maximum Gasteiger partial charge on any atom is 0.0894 e. The Morgan fingerprint density at radius 1 is 1.40 bits per heavy atom. The van der Waals surface area contributed by atoms with Crippen LogP contribution >= 0.6 is 0 Å². The van der Waals surface area contributed by atoms with E-state index in [1.54, 1.807) is 0 Å². The largest absolute Gasteiger partial charge is 0.394 e. The molecule has 1 unspecified atom stereocenters. The smallest absolute Gasteiger partial charge is 0.0894 e. The summed E-state index contributed by atoms with van der Waals surface area (Å²) in [7, 11) is 0. The van der Waals surface area contributed by atoms with Gasteiger partial charge in [0.05, 0.1) is 18.3 Å². The molecular formula is C11H23NO3. The van der Waals surface area contributed by atoms with E-state index < -0.39 is 11.7 Å². The Morgan fingerprint density at radius 3 is 2.53 bits per heavy atom. The van der Waals surface area contributed by atoms with Crippen LogP contribution in [0.25, 0.3) is 0 Å². The summed E-state index contributed by atoms with van der Waals surface area (Å²) in [5.41, 5.74) is -0.609. The van der Waals surface area contributed by atoms with Gasteiger partial charge >= 0.3 is 0 Å². The molecule has 4 N–H and O–H groups in total. The Labute approximate surface area is 91.3 Å². The molecule has 0 bridgehead atoms. The van der Waals surface area contributed by atoms with Crippen LogP contribution in [-0.2, 0) is 0 Å². The highest BCUT2D eigenvalue weighted by Crippen LogP contribution is 2.31. The van der Waals surface area contributed by atoms with Gasteiger partial charge < -0.3 is 20.6 Å². The molecule has 0 heterocycles. The lowest BCUT2D eigenvalue weighted by Crippen LogP contribution is -2.45. The van der Waals surface area contributed by atoms with Crippen molar-refractivity contribution in [2.75, 3.05) is 19.7 Å². The molecule has 1 saturated carbocycles. The van der Waals surface area contributed by atoms with E-state index in [4.69, 9.17) is 10.2 Å². The Kier molecular flexibility index (Phi) is 4.99. The van der Waals surface area contributed by atoms with Gasteiger partial charge in [-0.2, -0.15) is 0 Å². The first-order valence-electron chi connectivity index (χ1n) is 5.78. The zero-order chi connectivity index (χ0) is 11.3. The Morgan fingerprint density at radius 2 is 2.00 bits per heavy atom. The fourth-order valence-electron chi connectivity index (χ4n) is 2.01. The zero-order valence-corrected chi connectivity index (χ0v) is 9.45. The van der Waals surface area contributed by atoms with Gasteiger partial charge in [-0.3, -0.25) is 0 Å². The lowest BCUT2D eigenvalue weighted by Gasteiger charge is -2.35. The third-order valence-electron chi connectivity index (χ3n) is 3.25. The maximum atomic E-state index is 10.2. The van der Waals surface area contributed by atoms with E-state index >= 15 is 0 Å². The van der Waals surface area contributed by atoms with E-state index in [1.165, 1.54) is 0 Å². The van der Waals surface area contributed by atoms with Crippen molar-refractivity contribution in [1.82, 2.24) is 5.32 Å². The Bertz CT molecular complexity index is 179. The minimum atomic E-state index is -0.726. The van der Waals surface area contributed by atoms with Gasteiger partial charge in [0.15, 0.2) is 0 Å². The van der Waals surface area contributed by atoms with Crippen LogP contribution < -0.4 is 5.32 Å². The Hall–Kier alpha value is -0.160.